The summed E-state index contributed by atoms with van der Waals surface area (Å²) >= 11 is 2.96. The molecule has 2 aromatic heterocycles. The first-order valence-corrected chi connectivity index (χ1v) is 11.3. The number of fused-ring (bicyclic) bond motifs is 1. The summed E-state index contributed by atoms with van der Waals surface area (Å²) in [5.74, 6) is 1.77. The van der Waals surface area contributed by atoms with Gasteiger partial charge in [0.2, 0.25) is 5.91 Å². The third-order valence-electron chi connectivity index (χ3n) is 5.07. The number of thioether (sulfide) groups is 1. The number of anilines is 1. The van der Waals surface area contributed by atoms with Gasteiger partial charge in [0.05, 0.1) is 11.3 Å². The van der Waals surface area contributed by atoms with Crippen molar-refractivity contribution in [3.63, 3.8) is 0 Å². The molecule has 1 unspecified atom stereocenters. The Balaban J connectivity index is 1.67. The molecular formula is C19H25N5OS2. The summed E-state index contributed by atoms with van der Waals surface area (Å²) in [4.78, 5) is 13.7. The van der Waals surface area contributed by atoms with Crippen molar-refractivity contribution in [2.24, 2.45) is 5.92 Å². The van der Waals surface area contributed by atoms with Crippen molar-refractivity contribution in [2.45, 2.75) is 64.6 Å². The highest BCUT2D eigenvalue weighted by atomic mass is 32.2. The molecular weight excluding hydrogens is 378 g/mol. The maximum absolute atomic E-state index is 12.5. The molecule has 0 radical (unpaired) electrons. The standard InChI is InChI=1S/C19H25N5OS2/c1-4-12-7-8-13-14(10-20)18(27-15(13)9-12)21-17(25)11-26-19-23-22-16(5-2)24(19)6-3/h12H,4-9,11H2,1-3H3,(H,21,25). The molecule has 2 aromatic rings. The van der Waals surface area contributed by atoms with E-state index < -0.39 is 0 Å². The fourth-order valence-electron chi connectivity index (χ4n) is 3.51. The smallest absolute Gasteiger partial charge is 0.235 e. The van der Waals surface area contributed by atoms with Crippen molar-refractivity contribution in [3.05, 3.63) is 21.8 Å². The second-order valence-corrected chi connectivity index (χ2v) is 8.72. The minimum atomic E-state index is -0.106. The third kappa shape index (κ3) is 4.19. The molecule has 0 aromatic carbocycles. The van der Waals surface area contributed by atoms with Gasteiger partial charge in [-0.05, 0) is 37.7 Å². The molecule has 8 heteroatoms. The average Bonchev–Trinajstić information content (AvgIpc) is 3.24. The Morgan fingerprint density at radius 3 is 2.89 bits per heavy atom. The van der Waals surface area contributed by atoms with E-state index in [-0.39, 0.29) is 11.7 Å². The molecule has 144 valence electrons. The Hall–Kier alpha value is -1.85. The van der Waals surface area contributed by atoms with Crippen molar-refractivity contribution < 1.29 is 4.79 Å². The number of carbonyl (C=O) groups excluding carboxylic acids is 1. The molecule has 0 aliphatic heterocycles. The first kappa shape index (κ1) is 19.9. The fourth-order valence-corrected chi connectivity index (χ4v) is 5.66. The summed E-state index contributed by atoms with van der Waals surface area (Å²) < 4.78 is 2.04. The monoisotopic (exact) mass is 403 g/mol. The van der Waals surface area contributed by atoms with Crippen LogP contribution in [-0.4, -0.2) is 26.4 Å². The third-order valence-corrected chi connectivity index (χ3v) is 7.20. The van der Waals surface area contributed by atoms with E-state index in [2.05, 4.69) is 28.5 Å². The Morgan fingerprint density at radius 2 is 2.22 bits per heavy atom. The van der Waals surface area contributed by atoms with E-state index in [9.17, 15) is 10.1 Å². The molecule has 0 bridgehead atoms. The number of nitrogens with one attached hydrogen (secondary N) is 1. The number of thiophene rings is 1. The highest BCUT2D eigenvalue weighted by Crippen LogP contribution is 2.40. The molecule has 6 nitrogen and oxygen atoms in total. The van der Waals surface area contributed by atoms with Crippen molar-refractivity contribution in [1.82, 2.24) is 14.8 Å². The summed E-state index contributed by atoms with van der Waals surface area (Å²) in [6, 6.07) is 2.31. The number of rotatable bonds is 7. The lowest BCUT2D eigenvalue weighted by molar-refractivity contribution is -0.113. The van der Waals surface area contributed by atoms with Crippen LogP contribution in [0.2, 0.25) is 0 Å². The van der Waals surface area contributed by atoms with Gasteiger partial charge in [0.25, 0.3) is 0 Å². The van der Waals surface area contributed by atoms with Crippen molar-refractivity contribution in [3.8, 4) is 6.07 Å². The van der Waals surface area contributed by atoms with Gasteiger partial charge in [0, 0.05) is 17.8 Å². The summed E-state index contributed by atoms with van der Waals surface area (Å²) in [6.45, 7) is 7.09. The number of aryl methyl sites for hydroxylation is 1. The van der Waals surface area contributed by atoms with Crippen LogP contribution in [-0.2, 0) is 30.6 Å². The van der Waals surface area contributed by atoms with Gasteiger partial charge >= 0.3 is 0 Å². The van der Waals surface area contributed by atoms with E-state index in [1.165, 1.54) is 16.6 Å². The van der Waals surface area contributed by atoms with Crippen LogP contribution in [0.1, 0.15) is 55.4 Å². The maximum atomic E-state index is 12.5. The molecule has 0 saturated carbocycles. The number of hydrogen-bond donors (Lipinski definition) is 1. The summed E-state index contributed by atoms with van der Waals surface area (Å²) in [5, 5.41) is 22.4. The van der Waals surface area contributed by atoms with Crippen LogP contribution < -0.4 is 5.32 Å². The zero-order chi connectivity index (χ0) is 19.4. The molecule has 1 aliphatic carbocycles. The maximum Gasteiger partial charge on any atom is 0.235 e. The van der Waals surface area contributed by atoms with Crippen molar-refractivity contribution in [2.75, 3.05) is 11.1 Å². The quantitative estimate of drug-likeness (QED) is 0.706. The predicted octanol–water partition coefficient (Wildman–Crippen LogP) is 4.04. The Bertz CT molecular complexity index is 864. The first-order chi connectivity index (χ1) is 13.1. The van der Waals surface area contributed by atoms with Crippen LogP contribution in [0.4, 0.5) is 5.00 Å². The van der Waals surface area contributed by atoms with E-state index in [0.717, 1.165) is 55.2 Å². The van der Waals surface area contributed by atoms with Crippen LogP contribution in [0.3, 0.4) is 0 Å². The van der Waals surface area contributed by atoms with Crippen LogP contribution >= 0.6 is 23.1 Å². The molecule has 0 fully saturated rings. The minimum Gasteiger partial charge on any atom is -0.316 e. The first-order valence-electron chi connectivity index (χ1n) is 9.50. The Labute approximate surface area is 168 Å². The van der Waals surface area contributed by atoms with Gasteiger partial charge in [0.15, 0.2) is 5.16 Å². The average molecular weight is 404 g/mol. The molecule has 1 amide bonds. The highest BCUT2D eigenvalue weighted by molar-refractivity contribution is 7.99. The number of nitriles is 1. The normalized spacial score (nSPS) is 16.0. The van der Waals surface area contributed by atoms with E-state index >= 15 is 0 Å². The van der Waals surface area contributed by atoms with Crippen LogP contribution in [0.15, 0.2) is 5.16 Å². The highest BCUT2D eigenvalue weighted by Gasteiger charge is 2.25. The molecule has 1 aliphatic rings. The molecule has 1 atom stereocenters. The summed E-state index contributed by atoms with van der Waals surface area (Å²) in [7, 11) is 0. The molecule has 1 N–H and O–H groups in total. The number of carbonyl (C=O) groups is 1. The van der Waals surface area contributed by atoms with E-state index in [0.29, 0.717) is 16.5 Å². The molecule has 0 spiro atoms. The van der Waals surface area contributed by atoms with E-state index in [1.807, 2.05) is 18.4 Å². The lowest BCUT2D eigenvalue weighted by Crippen LogP contribution is -2.15. The largest absolute Gasteiger partial charge is 0.316 e. The topological polar surface area (TPSA) is 83.6 Å². The van der Waals surface area contributed by atoms with Gasteiger partial charge < -0.3 is 9.88 Å². The van der Waals surface area contributed by atoms with Gasteiger partial charge in [-0.3, -0.25) is 4.79 Å². The Morgan fingerprint density at radius 1 is 1.41 bits per heavy atom. The molecule has 3 rings (SSSR count). The minimum absolute atomic E-state index is 0.106. The lowest BCUT2D eigenvalue weighted by Gasteiger charge is -2.20. The van der Waals surface area contributed by atoms with Crippen molar-refractivity contribution >= 4 is 34.0 Å². The second-order valence-electron chi connectivity index (χ2n) is 6.67. The SMILES string of the molecule is CCc1nnc(SCC(=O)Nc2sc3c(c2C#N)CCC(CC)C3)n1CC. The van der Waals surface area contributed by atoms with Gasteiger partial charge in [-0.2, -0.15) is 5.26 Å². The zero-order valence-electron chi connectivity index (χ0n) is 16.0. The van der Waals surface area contributed by atoms with E-state index in [1.54, 1.807) is 11.3 Å². The zero-order valence-corrected chi connectivity index (χ0v) is 17.7. The molecule has 27 heavy (non-hydrogen) atoms. The van der Waals surface area contributed by atoms with Gasteiger partial charge in [-0.25, -0.2) is 0 Å². The Kier molecular flexibility index (Phi) is 6.55. The predicted molar refractivity (Wildman–Crippen MR) is 109 cm³/mol. The number of amides is 1. The fraction of sp³-hybridized carbons (Fsp3) is 0.579. The molecule has 0 saturated heterocycles. The number of aromatic nitrogens is 3. The second kappa shape index (κ2) is 8.89. The summed E-state index contributed by atoms with van der Waals surface area (Å²) in [5.41, 5.74) is 1.81. The van der Waals surface area contributed by atoms with Crippen LogP contribution in [0.25, 0.3) is 0 Å². The number of hydrogen-bond acceptors (Lipinski definition) is 6. The van der Waals surface area contributed by atoms with Gasteiger partial charge in [-0.15, -0.1) is 21.5 Å². The summed E-state index contributed by atoms with van der Waals surface area (Å²) in [6.07, 6.45) is 5.07. The van der Waals surface area contributed by atoms with Crippen LogP contribution in [0, 0.1) is 17.2 Å². The lowest BCUT2D eigenvalue weighted by atomic mass is 9.86. The van der Waals surface area contributed by atoms with Gasteiger partial charge in [-0.1, -0.05) is 32.0 Å². The van der Waals surface area contributed by atoms with Crippen LogP contribution in [0.5, 0.6) is 0 Å². The van der Waals surface area contributed by atoms with Gasteiger partial charge in [0.1, 0.15) is 16.9 Å². The van der Waals surface area contributed by atoms with E-state index in [4.69, 9.17) is 0 Å². The number of nitrogens with zero attached hydrogens (tertiary/aromatic N) is 4. The molecule has 2 heterocycles. The van der Waals surface area contributed by atoms with Crippen molar-refractivity contribution in [1.29, 1.82) is 5.26 Å².